The number of amides is 3. The zero-order valence-electron chi connectivity index (χ0n) is 23.3. The van der Waals surface area contributed by atoms with Crippen molar-refractivity contribution in [3.05, 3.63) is 84.3 Å². The number of carbonyl (C=O) groups excluding carboxylic acids is 2. The number of nitrogen functional groups attached to an aromatic ring is 1. The second-order valence-electron chi connectivity index (χ2n) is 10.9. The molecule has 42 heavy (non-hydrogen) atoms. The molecular weight excluding hydrogens is 530 g/mol. The van der Waals surface area contributed by atoms with E-state index in [0.29, 0.717) is 37.6 Å². The van der Waals surface area contributed by atoms with E-state index in [1.165, 1.54) is 0 Å². The number of hydrogen-bond acceptors (Lipinski definition) is 7. The van der Waals surface area contributed by atoms with E-state index >= 15 is 0 Å². The van der Waals surface area contributed by atoms with Crippen LogP contribution in [0.2, 0.25) is 0 Å². The van der Waals surface area contributed by atoms with Gasteiger partial charge < -0.3 is 25.6 Å². The fraction of sp³-hybridized carbons (Fsp3) is 0.250. The van der Waals surface area contributed by atoms with E-state index in [9.17, 15) is 9.59 Å². The maximum atomic E-state index is 13.2. The van der Waals surface area contributed by atoms with Crippen LogP contribution < -0.4 is 25.6 Å². The summed E-state index contributed by atoms with van der Waals surface area (Å²) in [6.07, 6.45) is 6.55. The van der Waals surface area contributed by atoms with E-state index in [0.717, 1.165) is 58.0 Å². The number of hydrogen-bond donors (Lipinski definition) is 2. The van der Waals surface area contributed by atoms with Crippen LogP contribution in [0, 0.1) is 0 Å². The third-order valence-corrected chi connectivity index (χ3v) is 8.07. The van der Waals surface area contributed by atoms with Gasteiger partial charge in [0.25, 0.3) is 0 Å². The van der Waals surface area contributed by atoms with E-state index in [-0.39, 0.29) is 18.0 Å². The molecule has 1 unspecified atom stereocenters. The highest BCUT2D eigenvalue weighted by Gasteiger charge is 2.30. The van der Waals surface area contributed by atoms with Crippen molar-refractivity contribution in [1.82, 2.24) is 14.9 Å². The Morgan fingerprint density at radius 1 is 0.929 bits per heavy atom. The number of benzene rings is 2. The zero-order valence-corrected chi connectivity index (χ0v) is 23.3. The van der Waals surface area contributed by atoms with Crippen molar-refractivity contribution in [2.45, 2.75) is 32.4 Å². The van der Waals surface area contributed by atoms with Crippen LogP contribution >= 0.6 is 0 Å². The van der Waals surface area contributed by atoms with Gasteiger partial charge >= 0.3 is 6.03 Å². The topological polar surface area (TPSA) is 117 Å². The summed E-state index contributed by atoms with van der Waals surface area (Å²) in [6, 6.07) is 17.4. The Morgan fingerprint density at radius 3 is 2.60 bits per heavy atom. The highest BCUT2D eigenvalue weighted by Crippen LogP contribution is 2.44. The van der Waals surface area contributed by atoms with Crippen molar-refractivity contribution in [1.29, 1.82) is 0 Å². The maximum Gasteiger partial charge on any atom is 0.324 e. The molecular formula is C32H31N7O3. The van der Waals surface area contributed by atoms with Gasteiger partial charge in [-0.2, -0.15) is 0 Å². The Hall–Kier alpha value is -5.12. The van der Waals surface area contributed by atoms with Gasteiger partial charge in [-0.25, -0.2) is 9.78 Å². The number of nitrogens with one attached hydrogen (secondary N) is 1. The molecule has 0 radical (unpaired) electrons. The number of aromatic nitrogens is 2. The number of nitrogens with two attached hydrogens (primary N) is 1. The second-order valence-corrected chi connectivity index (χ2v) is 10.9. The Kier molecular flexibility index (Phi) is 6.38. The molecule has 3 amide bonds. The van der Waals surface area contributed by atoms with Crippen LogP contribution in [0.15, 0.2) is 73.2 Å². The Morgan fingerprint density at radius 2 is 1.79 bits per heavy atom. The van der Waals surface area contributed by atoms with E-state index in [1.807, 2.05) is 77.5 Å². The molecule has 2 fully saturated rings. The van der Waals surface area contributed by atoms with Crippen molar-refractivity contribution in [2.24, 2.45) is 0 Å². The second kappa shape index (κ2) is 10.4. The van der Waals surface area contributed by atoms with Gasteiger partial charge in [-0.05, 0) is 55.3 Å². The van der Waals surface area contributed by atoms with E-state index in [1.54, 1.807) is 17.3 Å². The lowest BCUT2D eigenvalue weighted by Crippen LogP contribution is -2.31. The van der Waals surface area contributed by atoms with Crippen molar-refractivity contribution in [3.8, 4) is 16.9 Å². The number of ether oxygens (including phenoxy) is 1. The van der Waals surface area contributed by atoms with Gasteiger partial charge in [0.2, 0.25) is 5.91 Å². The normalized spacial score (nSPS) is 17.7. The lowest BCUT2D eigenvalue weighted by Gasteiger charge is -2.28. The molecule has 4 aromatic rings. The molecule has 7 rings (SSSR count). The highest BCUT2D eigenvalue weighted by molar-refractivity contribution is 5.96. The summed E-state index contributed by atoms with van der Waals surface area (Å²) in [6.45, 7) is 4.49. The van der Waals surface area contributed by atoms with Crippen LogP contribution in [0.3, 0.4) is 0 Å². The summed E-state index contributed by atoms with van der Waals surface area (Å²) >= 11 is 0. The lowest BCUT2D eigenvalue weighted by molar-refractivity contribution is -0.117. The third-order valence-electron chi connectivity index (χ3n) is 8.07. The fourth-order valence-electron chi connectivity index (χ4n) is 5.88. The van der Waals surface area contributed by atoms with Crippen LogP contribution in [0.4, 0.5) is 33.4 Å². The quantitative estimate of drug-likeness (QED) is 0.299. The Balaban J connectivity index is 1.08. The van der Waals surface area contributed by atoms with Gasteiger partial charge in [-0.3, -0.25) is 14.7 Å². The maximum absolute atomic E-state index is 13.2. The van der Waals surface area contributed by atoms with Crippen molar-refractivity contribution < 1.29 is 14.3 Å². The summed E-state index contributed by atoms with van der Waals surface area (Å²) in [5.41, 5.74) is 12.8. The van der Waals surface area contributed by atoms with Crippen LogP contribution in [-0.2, 0) is 11.3 Å². The summed E-state index contributed by atoms with van der Waals surface area (Å²) in [5.74, 6) is 1.57. The first-order valence-corrected chi connectivity index (χ1v) is 14.2. The van der Waals surface area contributed by atoms with Crippen molar-refractivity contribution in [2.75, 3.05) is 40.5 Å². The van der Waals surface area contributed by atoms with Crippen LogP contribution in [-0.4, -0.2) is 46.4 Å². The number of fused-ring (bicyclic) bond motifs is 3. The molecule has 0 bridgehead atoms. The molecule has 212 valence electrons. The number of carbonyl (C=O) groups is 2. The summed E-state index contributed by atoms with van der Waals surface area (Å²) < 4.78 is 6.29. The van der Waals surface area contributed by atoms with Crippen LogP contribution in [0.5, 0.6) is 5.75 Å². The molecule has 3 aliphatic rings. The third kappa shape index (κ3) is 4.74. The minimum atomic E-state index is -0.195. The van der Waals surface area contributed by atoms with Crippen LogP contribution in [0.25, 0.3) is 11.1 Å². The predicted molar refractivity (Wildman–Crippen MR) is 162 cm³/mol. The first kappa shape index (κ1) is 25.8. The monoisotopic (exact) mass is 561 g/mol. The summed E-state index contributed by atoms with van der Waals surface area (Å²) in [5, 5.41) is 3.35. The van der Waals surface area contributed by atoms with Gasteiger partial charge in [-0.15, -0.1) is 0 Å². The number of anilines is 5. The van der Waals surface area contributed by atoms with Crippen molar-refractivity contribution in [3.63, 3.8) is 0 Å². The molecule has 1 atom stereocenters. The molecule has 2 aromatic carbocycles. The molecule has 5 heterocycles. The number of urea groups is 1. The predicted octanol–water partition coefficient (Wildman–Crippen LogP) is 5.49. The first-order chi connectivity index (χ1) is 20.4. The summed E-state index contributed by atoms with van der Waals surface area (Å²) in [7, 11) is 0. The minimum absolute atomic E-state index is 0.0559. The minimum Gasteiger partial charge on any atom is -0.485 e. The molecule has 2 saturated heterocycles. The number of nitrogens with zero attached hydrogens (tertiary/aromatic N) is 5. The van der Waals surface area contributed by atoms with Gasteiger partial charge in [-0.1, -0.05) is 12.1 Å². The van der Waals surface area contributed by atoms with Gasteiger partial charge in [0, 0.05) is 72.9 Å². The van der Waals surface area contributed by atoms with Gasteiger partial charge in [0.1, 0.15) is 17.7 Å². The molecule has 0 spiro atoms. The standard InChI is InChI=1S/C32H31N7O3/c1-20-27-15-30(35-18-28(27)26-9-8-24(14-29(26)42-20)38-10-2-3-31(38)40)36-23-13-25(17-34-16-23)39-12-11-37(32(39)41)19-21-4-6-22(33)7-5-21/h4-9,13-18,20H,2-3,10-12,19,33H2,1H3,(H,35,36). The highest BCUT2D eigenvalue weighted by atomic mass is 16.5. The molecule has 0 saturated carbocycles. The van der Waals surface area contributed by atoms with Gasteiger partial charge in [0.05, 0.1) is 23.8 Å². The molecule has 10 nitrogen and oxygen atoms in total. The first-order valence-electron chi connectivity index (χ1n) is 14.2. The van der Waals surface area contributed by atoms with Gasteiger partial charge in [0.15, 0.2) is 0 Å². The average Bonchev–Trinajstić information content (AvgIpc) is 3.59. The fourth-order valence-corrected chi connectivity index (χ4v) is 5.88. The zero-order chi connectivity index (χ0) is 28.8. The molecule has 10 heteroatoms. The molecule has 3 N–H and O–H groups in total. The Bertz CT molecular complexity index is 1690. The van der Waals surface area contributed by atoms with E-state index in [4.69, 9.17) is 10.5 Å². The SMILES string of the molecule is CC1Oc2cc(N3CCCC3=O)ccc2-c2cnc(Nc3cncc(N4CCN(Cc5ccc(N)cc5)C4=O)c3)cc21. The molecule has 3 aliphatic heterocycles. The smallest absolute Gasteiger partial charge is 0.324 e. The van der Waals surface area contributed by atoms with Crippen LogP contribution in [0.1, 0.15) is 37.0 Å². The summed E-state index contributed by atoms with van der Waals surface area (Å²) in [4.78, 5) is 39.9. The van der Waals surface area contributed by atoms with Crippen molar-refractivity contribution >= 4 is 40.5 Å². The molecule has 0 aliphatic carbocycles. The molecule has 2 aromatic heterocycles. The largest absolute Gasteiger partial charge is 0.485 e. The van der Waals surface area contributed by atoms with E-state index < -0.39 is 0 Å². The van der Waals surface area contributed by atoms with E-state index in [2.05, 4.69) is 15.3 Å². The lowest BCUT2D eigenvalue weighted by atomic mass is 9.94. The number of rotatable bonds is 6. The average molecular weight is 562 g/mol. The number of pyridine rings is 2. The Labute approximate surface area is 243 Å².